The predicted octanol–water partition coefficient (Wildman–Crippen LogP) is 2.37. The van der Waals surface area contributed by atoms with Gasteiger partial charge in [0.2, 0.25) is 5.91 Å². The minimum absolute atomic E-state index is 0.0791. The minimum Gasteiger partial charge on any atom is -0.337 e. The van der Waals surface area contributed by atoms with Crippen LogP contribution in [0, 0.1) is 11.6 Å². The largest absolute Gasteiger partial charge is 0.337 e. The Kier molecular flexibility index (Phi) is 6.69. The SMILES string of the molecule is CC(C)N(C(=O)CN1CCN(C(=O)c2ccc(F)c(F)c2)CC1)C(C)C. The van der Waals surface area contributed by atoms with Gasteiger partial charge in [0.05, 0.1) is 6.54 Å². The molecule has 0 radical (unpaired) electrons. The van der Waals surface area contributed by atoms with Crippen LogP contribution in [0.1, 0.15) is 38.1 Å². The Hall–Kier alpha value is -2.02. The normalized spacial score (nSPS) is 15.6. The highest BCUT2D eigenvalue weighted by atomic mass is 19.2. The molecule has 0 aromatic heterocycles. The Balaban J connectivity index is 1.91. The molecule has 1 aromatic rings. The lowest BCUT2D eigenvalue weighted by atomic mass is 10.1. The number of halogens is 2. The van der Waals surface area contributed by atoms with Gasteiger partial charge in [0, 0.05) is 43.8 Å². The number of piperazine rings is 1. The summed E-state index contributed by atoms with van der Waals surface area (Å²) in [7, 11) is 0. The van der Waals surface area contributed by atoms with E-state index in [1.54, 1.807) is 4.90 Å². The lowest BCUT2D eigenvalue weighted by molar-refractivity contribution is -0.136. The summed E-state index contributed by atoms with van der Waals surface area (Å²) in [4.78, 5) is 30.4. The first-order valence-corrected chi connectivity index (χ1v) is 8.98. The molecule has 0 atom stereocenters. The quantitative estimate of drug-likeness (QED) is 0.803. The molecule has 0 unspecified atom stereocenters. The van der Waals surface area contributed by atoms with Crippen molar-refractivity contribution in [2.24, 2.45) is 0 Å². The maximum absolute atomic E-state index is 13.3. The second-order valence-corrected chi connectivity index (χ2v) is 7.19. The van der Waals surface area contributed by atoms with Crippen molar-refractivity contribution in [3.05, 3.63) is 35.4 Å². The molecular weight excluding hydrogens is 340 g/mol. The molecule has 1 aliphatic rings. The molecule has 0 bridgehead atoms. The summed E-state index contributed by atoms with van der Waals surface area (Å²) in [5.41, 5.74) is 0.138. The number of nitrogens with zero attached hydrogens (tertiary/aromatic N) is 3. The van der Waals surface area contributed by atoms with Crippen molar-refractivity contribution in [1.82, 2.24) is 14.7 Å². The molecule has 1 fully saturated rings. The van der Waals surface area contributed by atoms with Crippen LogP contribution in [0.5, 0.6) is 0 Å². The van der Waals surface area contributed by atoms with Crippen molar-refractivity contribution in [3.8, 4) is 0 Å². The zero-order valence-corrected chi connectivity index (χ0v) is 15.8. The van der Waals surface area contributed by atoms with Gasteiger partial charge in [0.15, 0.2) is 11.6 Å². The Morgan fingerprint density at radius 3 is 2.08 bits per heavy atom. The number of benzene rings is 1. The van der Waals surface area contributed by atoms with Crippen LogP contribution in [0.3, 0.4) is 0 Å². The molecule has 2 amide bonds. The molecule has 0 spiro atoms. The van der Waals surface area contributed by atoms with E-state index < -0.39 is 11.6 Å². The summed E-state index contributed by atoms with van der Waals surface area (Å²) in [5, 5.41) is 0. The van der Waals surface area contributed by atoms with Crippen LogP contribution in [0.4, 0.5) is 8.78 Å². The Labute approximate surface area is 153 Å². The number of amides is 2. The average molecular weight is 367 g/mol. The smallest absolute Gasteiger partial charge is 0.254 e. The van der Waals surface area contributed by atoms with Crippen LogP contribution in [0.15, 0.2) is 18.2 Å². The van der Waals surface area contributed by atoms with Gasteiger partial charge in [-0.3, -0.25) is 14.5 Å². The van der Waals surface area contributed by atoms with E-state index in [1.165, 1.54) is 6.07 Å². The second-order valence-electron chi connectivity index (χ2n) is 7.19. The van der Waals surface area contributed by atoms with Gasteiger partial charge in [-0.05, 0) is 45.9 Å². The molecule has 1 aromatic carbocycles. The molecular formula is C19H27F2N3O2. The topological polar surface area (TPSA) is 43.9 Å². The van der Waals surface area contributed by atoms with Crippen LogP contribution < -0.4 is 0 Å². The summed E-state index contributed by atoms with van der Waals surface area (Å²) in [6.45, 7) is 10.4. The minimum atomic E-state index is -1.03. The van der Waals surface area contributed by atoms with Crippen molar-refractivity contribution in [2.45, 2.75) is 39.8 Å². The van der Waals surface area contributed by atoms with Crippen molar-refractivity contribution in [1.29, 1.82) is 0 Å². The fourth-order valence-electron chi connectivity index (χ4n) is 3.37. The van der Waals surface area contributed by atoms with E-state index in [9.17, 15) is 18.4 Å². The average Bonchev–Trinajstić information content (AvgIpc) is 2.56. The molecule has 5 nitrogen and oxygen atoms in total. The highest BCUT2D eigenvalue weighted by Gasteiger charge is 2.26. The lowest BCUT2D eigenvalue weighted by Crippen LogP contribution is -2.53. The molecule has 0 N–H and O–H groups in total. The monoisotopic (exact) mass is 367 g/mol. The van der Waals surface area contributed by atoms with Crippen molar-refractivity contribution >= 4 is 11.8 Å². The molecule has 0 aliphatic carbocycles. The molecule has 2 rings (SSSR count). The summed E-state index contributed by atoms with van der Waals surface area (Å²) in [6, 6.07) is 3.46. The van der Waals surface area contributed by atoms with Gasteiger partial charge in [-0.1, -0.05) is 0 Å². The molecule has 1 saturated heterocycles. The molecule has 26 heavy (non-hydrogen) atoms. The standard InChI is InChI=1S/C19H27F2N3O2/c1-13(2)24(14(3)4)18(25)12-22-7-9-23(10-8-22)19(26)15-5-6-16(20)17(21)11-15/h5-6,11,13-14H,7-10,12H2,1-4H3. The van der Waals surface area contributed by atoms with E-state index in [0.29, 0.717) is 32.7 Å². The van der Waals surface area contributed by atoms with Crippen LogP contribution in [-0.4, -0.2) is 71.3 Å². The maximum Gasteiger partial charge on any atom is 0.254 e. The third-order valence-electron chi connectivity index (χ3n) is 4.59. The van der Waals surface area contributed by atoms with Gasteiger partial charge in [-0.2, -0.15) is 0 Å². The zero-order chi connectivity index (χ0) is 19.4. The first-order valence-electron chi connectivity index (χ1n) is 8.98. The van der Waals surface area contributed by atoms with Gasteiger partial charge in [-0.25, -0.2) is 8.78 Å². The van der Waals surface area contributed by atoms with Gasteiger partial charge in [0.25, 0.3) is 5.91 Å². The van der Waals surface area contributed by atoms with Gasteiger partial charge >= 0.3 is 0 Å². The van der Waals surface area contributed by atoms with Crippen LogP contribution >= 0.6 is 0 Å². The van der Waals surface area contributed by atoms with E-state index in [4.69, 9.17) is 0 Å². The first kappa shape index (κ1) is 20.3. The van der Waals surface area contributed by atoms with E-state index in [2.05, 4.69) is 0 Å². The van der Waals surface area contributed by atoms with E-state index in [1.807, 2.05) is 37.5 Å². The summed E-state index contributed by atoms with van der Waals surface area (Å²) >= 11 is 0. The molecule has 1 heterocycles. The molecule has 1 aliphatic heterocycles. The fraction of sp³-hybridized carbons (Fsp3) is 0.579. The highest BCUT2D eigenvalue weighted by Crippen LogP contribution is 2.13. The van der Waals surface area contributed by atoms with E-state index >= 15 is 0 Å². The van der Waals surface area contributed by atoms with Gasteiger partial charge in [0.1, 0.15) is 0 Å². The number of rotatable bonds is 5. The maximum atomic E-state index is 13.3. The molecule has 0 saturated carbocycles. The van der Waals surface area contributed by atoms with Crippen LogP contribution in [0.2, 0.25) is 0 Å². The Morgan fingerprint density at radius 1 is 1.00 bits per heavy atom. The number of carbonyl (C=O) groups is 2. The number of hydrogen-bond acceptors (Lipinski definition) is 3. The van der Waals surface area contributed by atoms with Crippen LogP contribution in [0.25, 0.3) is 0 Å². The van der Waals surface area contributed by atoms with Gasteiger partial charge < -0.3 is 9.80 Å². The Morgan fingerprint density at radius 2 is 1.58 bits per heavy atom. The molecule has 144 valence electrons. The summed E-state index contributed by atoms with van der Waals surface area (Å²) < 4.78 is 26.3. The number of carbonyl (C=O) groups excluding carboxylic acids is 2. The first-order chi connectivity index (χ1) is 12.2. The third-order valence-corrected chi connectivity index (χ3v) is 4.59. The highest BCUT2D eigenvalue weighted by molar-refractivity contribution is 5.94. The number of hydrogen-bond donors (Lipinski definition) is 0. The third kappa shape index (κ3) is 4.78. The van der Waals surface area contributed by atoms with Crippen LogP contribution in [-0.2, 0) is 4.79 Å². The van der Waals surface area contributed by atoms with Gasteiger partial charge in [-0.15, -0.1) is 0 Å². The molecule has 7 heteroatoms. The zero-order valence-electron chi connectivity index (χ0n) is 15.8. The van der Waals surface area contributed by atoms with Crippen molar-refractivity contribution in [3.63, 3.8) is 0 Å². The predicted molar refractivity (Wildman–Crippen MR) is 95.8 cm³/mol. The lowest BCUT2D eigenvalue weighted by Gasteiger charge is -2.37. The van der Waals surface area contributed by atoms with Crippen molar-refractivity contribution < 1.29 is 18.4 Å². The summed E-state index contributed by atoms with van der Waals surface area (Å²) in [5.74, 6) is -2.23. The fourth-order valence-corrected chi connectivity index (χ4v) is 3.37. The summed E-state index contributed by atoms with van der Waals surface area (Å²) in [6.07, 6.45) is 0. The van der Waals surface area contributed by atoms with E-state index in [0.717, 1.165) is 12.1 Å². The van der Waals surface area contributed by atoms with E-state index in [-0.39, 0.29) is 29.5 Å². The Bertz CT molecular complexity index is 648. The second kappa shape index (κ2) is 8.58. The van der Waals surface area contributed by atoms with Crippen molar-refractivity contribution in [2.75, 3.05) is 32.7 Å².